The van der Waals surface area contributed by atoms with Crippen LogP contribution < -0.4 is 10.1 Å². The molecule has 2 rings (SSSR count). The van der Waals surface area contributed by atoms with Crippen molar-refractivity contribution >= 4 is 23.3 Å². The molecule has 0 unspecified atom stereocenters. The maximum atomic E-state index is 12.3. The van der Waals surface area contributed by atoms with Crippen LogP contribution in [0.15, 0.2) is 48.5 Å². The molecule has 6 nitrogen and oxygen atoms in total. The van der Waals surface area contributed by atoms with Crippen molar-refractivity contribution in [2.45, 2.75) is 33.1 Å². The lowest BCUT2D eigenvalue weighted by atomic mass is 9.99. The smallest absolute Gasteiger partial charge is 0.343 e. The summed E-state index contributed by atoms with van der Waals surface area (Å²) in [6.45, 7) is 4.13. The highest BCUT2D eigenvalue weighted by atomic mass is 16.6. The molecule has 0 aliphatic rings. The number of ether oxygens (including phenoxy) is 2. The Morgan fingerprint density at radius 1 is 0.931 bits per heavy atom. The largest absolute Gasteiger partial charge is 0.482 e. The molecule has 0 spiro atoms. The number of anilines is 1. The lowest BCUT2D eigenvalue weighted by Crippen LogP contribution is -2.14. The van der Waals surface area contributed by atoms with Gasteiger partial charge in [0.2, 0.25) is 5.91 Å². The van der Waals surface area contributed by atoms with E-state index in [9.17, 15) is 14.4 Å². The van der Waals surface area contributed by atoms with Gasteiger partial charge >= 0.3 is 5.97 Å². The van der Waals surface area contributed by atoms with Crippen LogP contribution in [0.2, 0.25) is 0 Å². The lowest BCUT2D eigenvalue weighted by molar-refractivity contribution is -0.142. The van der Waals surface area contributed by atoms with Gasteiger partial charge in [-0.2, -0.15) is 0 Å². The molecule has 0 fully saturated rings. The van der Waals surface area contributed by atoms with Crippen molar-refractivity contribution in [1.82, 2.24) is 0 Å². The fraction of sp³-hybridized carbons (Fsp3) is 0.348. The monoisotopic (exact) mass is 397 g/mol. The average molecular weight is 397 g/mol. The highest BCUT2D eigenvalue weighted by Gasteiger charge is 2.10. The Morgan fingerprint density at radius 2 is 1.59 bits per heavy atom. The van der Waals surface area contributed by atoms with E-state index in [-0.39, 0.29) is 31.1 Å². The fourth-order valence-corrected chi connectivity index (χ4v) is 2.73. The molecule has 6 heteroatoms. The van der Waals surface area contributed by atoms with Gasteiger partial charge in [0, 0.05) is 24.1 Å². The highest BCUT2D eigenvalue weighted by molar-refractivity contribution is 6.00. The first-order chi connectivity index (χ1) is 13.9. The number of ketones is 1. The number of hydrogen-bond acceptors (Lipinski definition) is 5. The van der Waals surface area contributed by atoms with Crippen LogP contribution >= 0.6 is 0 Å². The molecule has 0 aliphatic carbocycles. The second-order valence-electron chi connectivity index (χ2n) is 7.16. The topological polar surface area (TPSA) is 81.7 Å². The van der Waals surface area contributed by atoms with E-state index in [4.69, 9.17) is 4.74 Å². The van der Waals surface area contributed by atoms with Crippen molar-refractivity contribution in [3.63, 3.8) is 0 Å². The number of nitrogens with one attached hydrogen (secondary N) is 1. The molecule has 2 aromatic carbocycles. The summed E-state index contributed by atoms with van der Waals surface area (Å²) in [7, 11) is 1.29. The molecular weight excluding hydrogens is 370 g/mol. The van der Waals surface area contributed by atoms with Crippen molar-refractivity contribution in [1.29, 1.82) is 0 Å². The number of hydrogen-bond donors (Lipinski definition) is 1. The van der Waals surface area contributed by atoms with Gasteiger partial charge in [0.05, 0.1) is 7.11 Å². The van der Waals surface area contributed by atoms with E-state index in [2.05, 4.69) is 23.9 Å². The van der Waals surface area contributed by atoms with E-state index in [0.29, 0.717) is 22.9 Å². The van der Waals surface area contributed by atoms with E-state index in [1.807, 2.05) is 24.3 Å². The molecule has 154 valence electrons. The zero-order valence-corrected chi connectivity index (χ0v) is 17.1. The summed E-state index contributed by atoms with van der Waals surface area (Å²) in [5.41, 5.74) is 2.41. The number of benzene rings is 2. The molecule has 0 saturated carbocycles. The standard InChI is InChI=1S/C23H27NO5/c1-16(2)14-17-4-6-18(7-5-17)21(25)12-13-22(26)24-19-8-10-20(11-9-19)29-15-23(27)28-3/h4-11,16H,12-15H2,1-3H3,(H,24,26). The molecule has 0 bridgehead atoms. The Kier molecular flexibility index (Phi) is 8.40. The molecule has 0 heterocycles. The van der Waals surface area contributed by atoms with Crippen molar-refractivity contribution in [3.8, 4) is 5.75 Å². The van der Waals surface area contributed by atoms with Crippen LogP contribution in [-0.4, -0.2) is 31.4 Å². The van der Waals surface area contributed by atoms with Crippen LogP contribution in [0.25, 0.3) is 0 Å². The minimum atomic E-state index is -0.471. The molecule has 0 atom stereocenters. The Labute approximate surface area is 171 Å². The molecule has 29 heavy (non-hydrogen) atoms. The number of amides is 1. The maximum Gasteiger partial charge on any atom is 0.343 e. The van der Waals surface area contributed by atoms with E-state index < -0.39 is 5.97 Å². The van der Waals surface area contributed by atoms with Crippen molar-refractivity contribution < 1.29 is 23.9 Å². The highest BCUT2D eigenvalue weighted by Crippen LogP contribution is 2.17. The Morgan fingerprint density at radius 3 is 2.17 bits per heavy atom. The van der Waals surface area contributed by atoms with Crippen LogP contribution in [0.3, 0.4) is 0 Å². The summed E-state index contributed by atoms with van der Waals surface area (Å²) in [6.07, 6.45) is 1.23. The van der Waals surface area contributed by atoms with E-state index in [1.54, 1.807) is 24.3 Å². The predicted octanol–water partition coefficient (Wildman–Crippen LogP) is 4.04. The number of methoxy groups -OCH3 is 1. The molecule has 0 radical (unpaired) electrons. The number of Topliss-reactive ketones (excluding diaryl/α,β-unsaturated/α-hetero) is 1. The van der Waals surface area contributed by atoms with E-state index >= 15 is 0 Å². The van der Waals surface area contributed by atoms with Crippen molar-refractivity contribution in [2.75, 3.05) is 19.0 Å². The summed E-state index contributed by atoms with van der Waals surface area (Å²) in [5.74, 6) is 0.292. The van der Waals surface area contributed by atoms with Crippen molar-refractivity contribution in [3.05, 3.63) is 59.7 Å². The molecule has 2 aromatic rings. The van der Waals surface area contributed by atoms with Crippen LogP contribution in [0.1, 0.15) is 42.6 Å². The third-order valence-corrected chi connectivity index (χ3v) is 4.22. The van der Waals surface area contributed by atoms with Gasteiger partial charge in [-0.1, -0.05) is 38.1 Å². The molecule has 0 aliphatic heterocycles. The summed E-state index contributed by atoms with van der Waals surface area (Å²) < 4.78 is 9.74. The summed E-state index contributed by atoms with van der Waals surface area (Å²) in [4.78, 5) is 35.5. The third-order valence-electron chi connectivity index (χ3n) is 4.22. The normalized spacial score (nSPS) is 10.5. The first kappa shape index (κ1) is 22.1. The molecule has 1 amide bonds. The number of esters is 1. The summed E-state index contributed by atoms with van der Waals surface area (Å²) >= 11 is 0. The van der Waals surface area contributed by atoms with Crippen LogP contribution in [0.4, 0.5) is 5.69 Å². The summed E-state index contributed by atoms with van der Waals surface area (Å²) in [5, 5.41) is 2.74. The molecule has 1 N–H and O–H groups in total. The minimum absolute atomic E-state index is 0.0530. The first-order valence-corrected chi connectivity index (χ1v) is 9.59. The SMILES string of the molecule is COC(=O)COc1ccc(NC(=O)CCC(=O)c2ccc(CC(C)C)cc2)cc1. The van der Waals surface area contributed by atoms with Gasteiger partial charge in [0.15, 0.2) is 12.4 Å². The average Bonchev–Trinajstić information content (AvgIpc) is 2.71. The van der Waals surface area contributed by atoms with Crippen LogP contribution in [-0.2, 0) is 20.7 Å². The second kappa shape index (κ2) is 11.0. The Hall–Kier alpha value is -3.15. The van der Waals surface area contributed by atoms with Crippen LogP contribution in [0, 0.1) is 5.92 Å². The zero-order valence-electron chi connectivity index (χ0n) is 17.1. The number of rotatable bonds is 10. The van der Waals surface area contributed by atoms with Gasteiger partial charge in [0.1, 0.15) is 5.75 Å². The fourth-order valence-electron chi connectivity index (χ4n) is 2.73. The van der Waals surface area contributed by atoms with Gasteiger partial charge in [-0.25, -0.2) is 4.79 Å². The van der Waals surface area contributed by atoms with Crippen molar-refractivity contribution in [2.24, 2.45) is 5.92 Å². The van der Waals surface area contributed by atoms with Gasteiger partial charge in [-0.05, 0) is 42.2 Å². The molecule has 0 saturated heterocycles. The van der Waals surface area contributed by atoms with Gasteiger partial charge in [-0.3, -0.25) is 9.59 Å². The summed E-state index contributed by atoms with van der Waals surface area (Å²) in [6, 6.07) is 14.2. The Balaban J connectivity index is 1.78. The maximum absolute atomic E-state index is 12.3. The van der Waals surface area contributed by atoms with Gasteiger partial charge in [0.25, 0.3) is 0 Å². The first-order valence-electron chi connectivity index (χ1n) is 9.59. The quantitative estimate of drug-likeness (QED) is 0.483. The van der Waals surface area contributed by atoms with E-state index in [1.165, 1.54) is 12.7 Å². The molecular formula is C23H27NO5. The van der Waals surface area contributed by atoms with Gasteiger partial charge in [-0.15, -0.1) is 0 Å². The van der Waals surface area contributed by atoms with Gasteiger partial charge < -0.3 is 14.8 Å². The predicted molar refractivity (Wildman–Crippen MR) is 111 cm³/mol. The zero-order chi connectivity index (χ0) is 21.2. The second-order valence-corrected chi connectivity index (χ2v) is 7.16. The third kappa shape index (κ3) is 7.78. The minimum Gasteiger partial charge on any atom is -0.482 e. The lowest BCUT2D eigenvalue weighted by Gasteiger charge is -2.08. The molecule has 0 aromatic heterocycles. The number of carbonyl (C=O) groups is 3. The van der Waals surface area contributed by atoms with Crippen LogP contribution in [0.5, 0.6) is 5.75 Å². The number of carbonyl (C=O) groups excluding carboxylic acids is 3. The van der Waals surface area contributed by atoms with E-state index in [0.717, 1.165) is 6.42 Å². The Bertz CT molecular complexity index is 825.